The number of sulfonamides is 1. The third kappa shape index (κ3) is 2.33. The van der Waals surface area contributed by atoms with Crippen molar-refractivity contribution in [3.8, 4) is 0 Å². The number of nitrogens with two attached hydrogens (primary N) is 1. The normalized spacial score (nSPS) is 11.4. The van der Waals surface area contributed by atoms with Gasteiger partial charge in [0.15, 0.2) is 4.90 Å². The smallest absolute Gasteiger partial charge is 0.258 e. The molecule has 1 aromatic rings. The molecule has 0 fully saturated rings. The summed E-state index contributed by atoms with van der Waals surface area (Å²) < 4.78 is 22.3. The molecule has 0 aliphatic rings. The highest BCUT2D eigenvalue weighted by Crippen LogP contribution is 2.33. The van der Waals surface area contributed by atoms with E-state index in [9.17, 15) is 18.5 Å². The van der Waals surface area contributed by atoms with Crippen LogP contribution in [-0.4, -0.2) is 13.3 Å². The van der Waals surface area contributed by atoms with Gasteiger partial charge in [-0.2, -0.15) is 0 Å². The Balaban J connectivity index is 3.70. The van der Waals surface area contributed by atoms with E-state index in [1.807, 2.05) is 0 Å². The number of benzene rings is 1. The Kier molecular flexibility index (Phi) is 3.12. The maximum absolute atomic E-state index is 11.1. The topological polar surface area (TPSA) is 103 Å². The van der Waals surface area contributed by atoms with Crippen molar-refractivity contribution in [2.45, 2.75) is 11.8 Å². The molecular weight excluding hydrogens is 288 g/mol. The van der Waals surface area contributed by atoms with Crippen molar-refractivity contribution in [1.29, 1.82) is 0 Å². The van der Waals surface area contributed by atoms with Crippen molar-refractivity contribution >= 4 is 31.6 Å². The lowest BCUT2D eigenvalue weighted by Gasteiger charge is -2.04. The van der Waals surface area contributed by atoms with E-state index in [1.54, 1.807) is 6.92 Å². The zero-order valence-electron chi connectivity index (χ0n) is 7.60. The number of nitrogens with zero attached hydrogens (tertiary/aromatic N) is 1. The summed E-state index contributed by atoms with van der Waals surface area (Å²) in [7, 11) is -4.09. The second-order valence-corrected chi connectivity index (χ2v) is 5.17. The van der Waals surface area contributed by atoms with Crippen LogP contribution in [0.25, 0.3) is 0 Å². The molecule has 0 radical (unpaired) electrons. The molecule has 0 saturated heterocycles. The van der Waals surface area contributed by atoms with Crippen molar-refractivity contribution in [2.24, 2.45) is 5.14 Å². The number of nitro groups is 1. The number of aryl methyl sites for hydroxylation is 1. The lowest BCUT2D eigenvalue weighted by molar-refractivity contribution is -0.388. The summed E-state index contributed by atoms with van der Waals surface area (Å²) in [5, 5.41) is 15.6. The number of rotatable bonds is 2. The molecule has 82 valence electrons. The van der Waals surface area contributed by atoms with Gasteiger partial charge in [-0.1, -0.05) is 6.07 Å². The predicted octanol–water partition coefficient (Wildman–Crippen LogP) is 1.31. The van der Waals surface area contributed by atoms with Crippen molar-refractivity contribution in [3.05, 3.63) is 32.3 Å². The van der Waals surface area contributed by atoms with E-state index in [0.717, 1.165) is 6.07 Å². The number of nitro benzene ring substituents is 1. The molecule has 0 bridgehead atoms. The molecule has 6 nitrogen and oxygen atoms in total. The molecule has 0 aliphatic heterocycles. The number of hydrogen-bond acceptors (Lipinski definition) is 4. The molecule has 0 saturated carbocycles. The maximum atomic E-state index is 11.1. The Morgan fingerprint density at radius 2 is 2.00 bits per heavy atom. The minimum atomic E-state index is -4.09. The Morgan fingerprint density at radius 1 is 1.47 bits per heavy atom. The van der Waals surface area contributed by atoms with Crippen molar-refractivity contribution < 1.29 is 13.3 Å². The first-order valence-electron chi connectivity index (χ1n) is 3.71. The van der Waals surface area contributed by atoms with Crippen LogP contribution in [0.3, 0.4) is 0 Å². The highest BCUT2D eigenvalue weighted by molar-refractivity contribution is 9.10. The summed E-state index contributed by atoms with van der Waals surface area (Å²) in [5.41, 5.74) is 0.0339. The Morgan fingerprint density at radius 3 is 2.40 bits per heavy atom. The van der Waals surface area contributed by atoms with Crippen molar-refractivity contribution in [3.63, 3.8) is 0 Å². The molecule has 0 atom stereocenters. The highest BCUT2D eigenvalue weighted by Gasteiger charge is 2.26. The van der Waals surface area contributed by atoms with Crippen LogP contribution in [0.15, 0.2) is 21.5 Å². The van der Waals surface area contributed by atoms with E-state index in [4.69, 9.17) is 5.14 Å². The van der Waals surface area contributed by atoms with Gasteiger partial charge in [0.05, 0.1) is 9.40 Å². The largest absolute Gasteiger partial charge is 0.303 e. The van der Waals surface area contributed by atoms with E-state index in [2.05, 4.69) is 15.9 Å². The SMILES string of the molecule is Cc1ccc(S(N)(=O)=O)c([N+](=O)[O-])c1Br. The van der Waals surface area contributed by atoms with Gasteiger partial charge in [0.25, 0.3) is 0 Å². The molecule has 0 amide bonds. The third-order valence-corrected chi connectivity index (χ3v) is 3.70. The number of hydrogen-bond donors (Lipinski definition) is 1. The zero-order chi connectivity index (χ0) is 11.8. The summed E-state index contributed by atoms with van der Waals surface area (Å²) in [5.74, 6) is 0. The molecule has 1 aromatic carbocycles. The van der Waals surface area contributed by atoms with Gasteiger partial charge in [0.1, 0.15) is 0 Å². The number of halogens is 1. The summed E-state index contributed by atoms with van der Waals surface area (Å²) >= 11 is 2.96. The van der Waals surface area contributed by atoms with E-state index in [0.29, 0.717) is 5.56 Å². The average molecular weight is 295 g/mol. The fourth-order valence-corrected chi connectivity index (χ4v) is 2.37. The van der Waals surface area contributed by atoms with Crippen LogP contribution in [0.1, 0.15) is 5.56 Å². The van der Waals surface area contributed by atoms with Crippen LogP contribution in [0, 0.1) is 17.0 Å². The Hall–Kier alpha value is -0.990. The standard InChI is InChI=1S/C7H7BrN2O4S/c1-4-2-3-5(15(9,13)14)7(6(4)8)10(11)12/h2-3H,1H3,(H2,9,13,14). The fourth-order valence-electron chi connectivity index (χ4n) is 1.05. The lowest BCUT2D eigenvalue weighted by Crippen LogP contribution is -2.14. The summed E-state index contributed by atoms with van der Waals surface area (Å²) in [6.07, 6.45) is 0. The van der Waals surface area contributed by atoms with E-state index >= 15 is 0 Å². The summed E-state index contributed by atoms with van der Waals surface area (Å²) in [4.78, 5) is 9.42. The quantitative estimate of drug-likeness (QED) is 0.656. The molecule has 0 spiro atoms. The van der Waals surface area contributed by atoms with Gasteiger partial charge < -0.3 is 0 Å². The molecule has 2 N–H and O–H groups in total. The summed E-state index contributed by atoms with van der Waals surface area (Å²) in [6, 6.07) is 2.56. The van der Waals surface area contributed by atoms with Crippen LogP contribution in [0.2, 0.25) is 0 Å². The van der Waals surface area contributed by atoms with Crippen LogP contribution >= 0.6 is 15.9 Å². The molecule has 1 rings (SSSR count). The van der Waals surface area contributed by atoms with Gasteiger partial charge >= 0.3 is 5.69 Å². The lowest BCUT2D eigenvalue weighted by atomic mass is 10.2. The van der Waals surface area contributed by atoms with E-state index in [1.165, 1.54) is 6.07 Å². The minimum absolute atomic E-state index is 0.124. The first-order valence-corrected chi connectivity index (χ1v) is 6.05. The first kappa shape index (κ1) is 12.1. The second kappa shape index (κ2) is 3.87. The highest BCUT2D eigenvalue weighted by atomic mass is 79.9. The minimum Gasteiger partial charge on any atom is -0.258 e. The van der Waals surface area contributed by atoms with Gasteiger partial charge in [0, 0.05) is 0 Å². The molecule has 15 heavy (non-hydrogen) atoms. The monoisotopic (exact) mass is 294 g/mol. The molecular formula is C7H7BrN2O4S. The van der Waals surface area contributed by atoms with Gasteiger partial charge in [-0.15, -0.1) is 0 Å². The third-order valence-electron chi connectivity index (χ3n) is 1.76. The van der Waals surface area contributed by atoms with Crippen molar-refractivity contribution in [1.82, 2.24) is 0 Å². The zero-order valence-corrected chi connectivity index (χ0v) is 10.0. The van der Waals surface area contributed by atoms with Crippen LogP contribution in [0.5, 0.6) is 0 Å². The van der Waals surface area contributed by atoms with Gasteiger partial charge in [-0.25, -0.2) is 13.6 Å². The molecule has 0 heterocycles. The molecule has 0 unspecified atom stereocenters. The maximum Gasteiger partial charge on any atom is 0.303 e. The van der Waals surface area contributed by atoms with Crippen LogP contribution < -0.4 is 5.14 Å². The Labute approximate surface area is 94.4 Å². The number of primary sulfonamides is 1. The molecule has 8 heteroatoms. The van der Waals surface area contributed by atoms with Crippen LogP contribution in [-0.2, 0) is 10.0 Å². The predicted molar refractivity (Wildman–Crippen MR) is 56.9 cm³/mol. The van der Waals surface area contributed by atoms with E-state index in [-0.39, 0.29) is 4.47 Å². The average Bonchev–Trinajstić information content (AvgIpc) is 2.06. The van der Waals surface area contributed by atoms with E-state index < -0.39 is 25.5 Å². The second-order valence-electron chi connectivity index (χ2n) is 2.85. The van der Waals surface area contributed by atoms with Gasteiger partial charge in [-0.3, -0.25) is 10.1 Å². The fraction of sp³-hybridized carbons (Fsp3) is 0.143. The Bertz CT molecular complexity index is 526. The first-order chi connectivity index (χ1) is 6.75. The van der Waals surface area contributed by atoms with Crippen LogP contribution in [0.4, 0.5) is 5.69 Å². The molecule has 0 aliphatic carbocycles. The van der Waals surface area contributed by atoms with Gasteiger partial charge in [0.2, 0.25) is 10.0 Å². The van der Waals surface area contributed by atoms with Crippen molar-refractivity contribution in [2.75, 3.05) is 0 Å². The summed E-state index contributed by atoms with van der Waals surface area (Å²) in [6.45, 7) is 1.62. The molecule has 0 aromatic heterocycles. The van der Waals surface area contributed by atoms with Gasteiger partial charge in [-0.05, 0) is 34.5 Å².